The molecular weight excluding hydrogens is 688 g/mol. The summed E-state index contributed by atoms with van der Waals surface area (Å²) in [5.74, 6) is -2.96. The number of imide groups is 2. The van der Waals surface area contributed by atoms with Gasteiger partial charge in [0, 0.05) is 8.95 Å². The number of amides is 4. The highest BCUT2D eigenvalue weighted by Crippen LogP contribution is 2.59. The van der Waals surface area contributed by atoms with Crippen molar-refractivity contribution in [2.75, 3.05) is 9.80 Å². The van der Waals surface area contributed by atoms with E-state index in [1.807, 2.05) is 70.7 Å². The van der Waals surface area contributed by atoms with Crippen LogP contribution in [0.15, 0.2) is 118 Å². The maximum atomic E-state index is 14.4. The lowest BCUT2D eigenvalue weighted by atomic mass is 9.84. The minimum atomic E-state index is -0.902. The summed E-state index contributed by atoms with van der Waals surface area (Å²) in [7, 11) is 0. The van der Waals surface area contributed by atoms with E-state index in [2.05, 4.69) is 31.9 Å². The van der Waals surface area contributed by atoms with Crippen molar-refractivity contribution in [3.8, 4) is 0 Å². The summed E-state index contributed by atoms with van der Waals surface area (Å²) in [6.07, 6.45) is 0. The van der Waals surface area contributed by atoms with Crippen LogP contribution in [0, 0.1) is 11.8 Å². The molecular formula is C34H24Br2N4O4. The molecule has 0 N–H and O–H groups in total. The van der Waals surface area contributed by atoms with Gasteiger partial charge in [0.25, 0.3) is 11.8 Å². The van der Waals surface area contributed by atoms with E-state index in [0.717, 1.165) is 20.1 Å². The van der Waals surface area contributed by atoms with Crippen molar-refractivity contribution < 1.29 is 19.2 Å². The van der Waals surface area contributed by atoms with Gasteiger partial charge in [0.15, 0.2) is 0 Å². The average molecular weight is 712 g/mol. The molecule has 6 unspecified atom stereocenters. The van der Waals surface area contributed by atoms with Gasteiger partial charge < -0.3 is 0 Å². The van der Waals surface area contributed by atoms with Crippen LogP contribution in [0.25, 0.3) is 0 Å². The first-order valence-corrected chi connectivity index (χ1v) is 15.9. The Bertz CT molecular complexity index is 1690. The Morgan fingerprint density at radius 2 is 0.750 bits per heavy atom. The number of rotatable bonds is 4. The third kappa shape index (κ3) is 3.88. The van der Waals surface area contributed by atoms with Crippen LogP contribution in [-0.2, 0) is 19.2 Å². The summed E-state index contributed by atoms with van der Waals surface area (Å²) >= 11 is 7.02. The summed E-state index contributed by atoms with van der Waals surface area (Å²) < 4.78 is 1.73. The van der Waals surface area contributed by atoms with Gasteiger partial charge >= 0.3 is 0 Å². The SMILES string of the molecule is O=C1C2C(C(=O)N1c1ccccc1)N1C(c3ccc(Br)cc3)C3C(=O)N(c4ccccc4)C(=O)C3N1C2c1ccc(Br)cc1. The predicted octanol–water partition coefficient (Wildman–Crippen LogP) is 5.66. The minimum absolute atomic E-state index is 0.323. The van der Waals surface area contributed by atoms with E-state index in [9.17, 15) is 19.2 Å². The van der Waals surface area contributed by atoms with Crippen LogP contribution in [0.4, 0.5) is 11.4 Å². The lowest BCUT2D eigenvalue weighted by Gasteiger charge is -2.35. The highest BCUT2D eigenvalue weighted by molar-refractivity contribution is 9.10. The van der Waals surface area contributed by atoms with Crippen molar-refractivity contribution in [1.82, 2.24) is 10.0 Å². The Kier molecular flexibility index (Phi) is 6.46. The van der Waals surface area contributed by atoms with Crippen LogP contribution < -0.4 is 9.80 Å². The molecule has 4 saturated heterocycles. The second-order valence-corrected chi connectivity index (χ2v) is 13.2. The van der Waals surface area contributed by atoms with Gasteiger partial charge in [0.1, 0.15) is 12.1 Å². The smallest absolute Gasteiger partial charge is 0.253 e. The first kappa shape index (κ1) is 27.6. The summed E-state index contributed by atoms with van der Waals surface area (Å²) in [6, 6.07) is 29.9. The molecule has 4 amide bonds. The first-order chi connectivity index (χ1) is 21.4. The van der Waals surface area contributed by atoms with Gasteiger partial charge in [-0.2, -0.15) is 0 Å². The number of carbonyl (C=O) groups is 4. The largest absolute Gasteiger partial charge is 0.274 e. The zero-order valence-corrected chi connectivity index (χ0v) is 26.2. The van der Waals surface area contributed by atoms with Crippen LogP contribution >= 0.6 is 31.9 Å². The molecule has 4 aromatic rings. The van der Waals surface area contributed by atoms with Crippen molar-refractivity contribution in [3.05, 3.63) is 129 Å². The molecule has 6 atom stereocenters. The van der Waals surface area contributed by atoms with Crippen LogP contribution in [0.2, 0.25) is 0 Å². The van der Waals surface area contributed by atoms with E-state index in [-0.39, 0.29) is 23.6 Å². The Morgan fingerprint density at radius 1 is 0.409 bits per heavy atom. The van der Waals surface area contributed by atoms with Crippen molar-refractivity contribution in [3.63, 3.8) is 0 Å². The molecule has 4 aliphatic rings. The van der Waals surface area contributed by atoms with E-state index in [4.69, 9.17) is 0 Å². The second-order valence-electron chi connectivity index (χ2n) is 11.4. The lowest BCUT2D eigenvalue weighted by Crippen LogP contribution is -2.50. The quantitative estimate of drug-likeness (QED) is 0.255. The zero-order chi connectivity index (χ0) is 30.3. The highest BCUT2D eigenvalue weighted by Gasteiger charge is 2.73. The molecule has 0 saturated carbocycles. The van der Waals surface area contributed by atoms with Crippen LogP contribution in [0.3, 0.4) is 0 Å². The van der Waals surface area contributed by atoms with Crippen LogP contribution in [0.1, 0.15) is 23.2 Å². The third-order valence-corrected chi connectivity index (χ3v) is 10.2. The third-order valence-electron chi connectivity index (χ3n) is 9.18. The van der Waals surface area contributed by atoms with Gasteiger partial charge in [-0.3, -0.25) is 19.2 Å². The number of benzene rings is 4. The van der Waals surface area contributed by atoms with Crippen molar-refractivity contribution in [2.45, 2.75) is 24.2 Å². The number of hydrogen-bond acceptors (Lipinski definition) is 6. The summed E-state index contributed by atoms with van der Waals surface area (Å²) in [6.45, 7) is 0. The molecule has 4 aliphatic heterocycles. The van der Waals surface area contributed by atoms with Gasteiger partial charge in [-0.25, -0.2) is 19.8 Å². The number of para-hydroxylation sites is 2. The van der Waals surface area contributed by atoms with E-state index in [1.54, 1.807) is 48.5 Å². The fraction of sp³-hybridized carbons (Fsp3) is 0.176. The molecule has 8 nitrogen and oxygen atoms in total. The van der Waals surface area contributed by atoms with Crippen molar-refractivity contribution >= 4 is 66.9 Å². The maximum absolute atomic E-state index is 14.4. The van der Waals surface area contributed by atoms with Crippen molar-refractivity contribution in [1.29, 1.82) is 0 Å². The maximum Gasteiger partial charge on any atom is 0.253 e. The average Bonchev–Trinajstić information content (AvgIpc) is 3.70. The van der Waals surface area contributed by atoms with Gasteiger partial charge in [-0.05, 0) is 59.7 Å². The highest BCUT2D eigenvalue weighted by atomic mass is 79.9. The Labute approximate surface area is 270 Å². The number of hydrazine groups is 1. The van der Waals surface area contributed by atoms with Crippen molar-refractivity contribution in [2.24, 2.45) is 11.8 Å². The van der Waals surface area contributed by atoms with Crippen LogP contribution in [-0.4, -0.2) is 45.7 Å². The lowest BCUT2D eigenvalue weighted by molar-refractivity contribution is -0.136. The molecule has 8 rings (SSSR count). The molecule has 218 valence electrons. The molecule has 10 heteroatoms. The van der Waals surface area contributed by atoms with Gasteiger partial charge in [-0.15, -0.1) is 0 Å². The zero-order valence-electron chi connectivity index (χ0n) is 23.0. The number of anilines is 2. The number of carbonyl (C=O) groups excluding carboxylic acids is 4. The number of fused-ring (bicyclic) bond motifs is 5. The molecule has 4 fully saturated rings. The van der Waals surface area contributed by atoms with Gasteiger partial charge in [-0.1, -0.05) is 92.5 Å². The van der Waals surface area contributed by atoms with E-state index >= 15 is 0 Å². The summed E-state index contributed by atoms with van der Waals surface area (Å²) in [5.41, 5.74) is 2.57. The Morgan fingerprint density at radius 3 is 1.09 bits per heavy atom. The van der Waals surface area contributed by atoms with Gasteiger partial charge in [0.2, 0.25) is 11.8 Å². The van der Waals surface area contributed by atoms with Crippen LogP contribution in [0.5, 0.6) is 0 Å². The molecule has 44 heavy (non-hydrogen) atoms. The van der Waals surface area contributed by atoms with E-state index in [1.165, 1.54) is 9.80 Å². The normalized spacial score (nSPS) is 28.1. The molecule has 4 heterocycles. The fourth-order valence-electron chi connectivity index (χ4n) is 7.48. The molecule has 0 radical (unpaired) electrons. The number of nitrogens with zero attached hydrogens (tertiary/aromatic N) is 4. The predicted molar refractivity (Wildman–Crippen MR) is 170 cm³/mol. The standard InChI is InChI=1S/C34H24Br2N4O4/c35-21-15-11-19(12-16-21)27-25-29(33(43)37(31(25)41)23-7-3-1-4-8-23)39-28(20-13-17-22(36)18-14-20)26-30(40(27)39)34(44)38(32(26)42)24-9-5-2-6-10-24/h1-18,25-30H. The minimum Gasteiger partial charge on any atom is -0.274 e. The molecule has 0 spiro atoms. The Hall–Kier alpha value is -3.96. The Balaban J connectivity index is 1.34. The number of hydrogen-bond donors (Lipinski definition) is 0. The molecule has 4 aromatic carbocycles. The monoisotopic (exact) mass is 710 g/mol. The molecule has 0 bridgehead atoms. The fourth-order valence-corrected chi connectivity index (χ4v) is 8.01. The molecule has 0 aromatic heterocycles. The second kappa shape index (κ2) is 10.3. The first-order valence-electron chi connectivity index (χ1n) is 14.3. The van der Waals surface area contributed by atoms with E-state index < -0.39 is 36.0 Å². The topological polar surface area (TPSA) is 81.2 Å². The van der Waals surface area contributed by atoms with Gasteiger partial charge in [0.05, 0.1) is 35.3 Å². The number of halogens is 2. The molecule has 0 aliphatic carbocycles. The summed E-state index contributed by atoms with van der Waals surface area (Å²) in [5, 5.41) is 3.77. The van der Waals surface area contributed by atoms with E-state index in [0.29, 0.717) is 11.4 Å². The summed E-state index contributed by atoms with van der Waals surface area (Å²) in [4.78, 5) is 60.1.